The zero-order valence-corrected chi connectivity index (χ0v) is 7.20. The van der Waals surface area contributed by atoms with Crippen LogP contribution in [-0.4, -0.2) is 23.7 Å². The van der Waals surface area contributed by atoms with Crippen molar-refractivity contribution in [3.63, 3.8) is 0 Å². The third-order valence-electron chi connectivity index (χ3n) is 1.60. The van der Waals surface area contributed by atoms with Crippen LogP contribution in [0, 0.1) is 0 Å². The molecule has 10 heavy (non-hydrogen) atoms. The van der Waals surface area contributed by atoms with Crippen molar-refractivity contribution in [2.24, 2.45) is 0 Å². The number of ether oxygens (including phenoxy) is 1. The van der Waals surface area contributed by atoms with Gasteiger partial charge in [-0.2, -0.15) is 0 Å². The van der Waals surface area contributed by atoms with Crippen molar-refractivity contribution in [2.45, 2.75) is 32.4 Å². The summed E-state index contributed by atoms with van der Waals surface area (Å²) in [4.78, 5) is 0.862. The van der Waals surface area contributed by atoms with Crippen LogP contribution >= 0.6 is 12.2 Å². The Morgan fingerprint density at radius 2 is 2.50 bits per heavy atom. The van der Waals surface area contributed by atoms with E-state index < -0.39 is 0 Å². The molecular formula is C7H13NOS. The highest BCUT2D eigenvalue weighted by Gasteiger charge is 2.20. The first kappa shape index (κ1) is 7.95. The van der Waals surface area contributed by atoms with Crippen LogP contribution in [0.2, 0.25) is 0 Å². The number of hydrogen-bond acceptors (Lipinski definition) is 2. The molecule has 0 aromatic rings. The maximum atomic E-state index is 5.45. The van der Waals surface area contributed by atoms with Crippen molar-refractivity contribution in [2.75, 3.05) is 6.61 Å². The Kier molecular flexibility index (Phi) is 2.63. The molecule has 1 N–H and O–H groups in total. The van der Waals surface area contributed by atoms with E-state index in [9.17, 15) is 0 Å². The van der Waals surface area contributed by atoms with Gasteiger partial charge >= 0.3 is 0 Å². The summed E-state index contributed by atoms with van der Waals surface area (Å²) in [6.07, 6.45) is 1.13. The van der Waals surface area contributed by atoms with Gasteiger partial charge in [-0.3, -0.25) is 0 Å². The Hall–Kier alpha value is -0.150. The molecule has 1 fully saturated rings. The summed E-state index contributed by atoms with van der Waals surface area (Å²) in [5.74, 6) is 0. The molecule has 0 spiro atoms. The van der Waals surface area contributed by atoms with E-state index >= 15 is 0 Å². The average Bonchev–Trinajstić information content (AvgIpc) is 1.88. The van der Waals surface area contributed by atoms with Crippen molar-refractivity contribution < 1.29 is 4.74 Å². The van der Waals surface area contributed by atoms with Crippen molar-refractivity contribution in [1.29, 1.82) is 0 Å². The fourth-order valence-electron chi connectivity index (χ4n) is 1.02. The van der Waals surface area contributed by atoms with Crippen molar-refractivity contribution in [1.82, 2.24) is 5.32 Å². The van der Waals surface area contributed by atoms with Crippen molar-refractivity contribution in [3.05, 3.63) is 0 Å². The molecule has 2 nitrogen and oxygen atoms in total. The normalized spacial score (nSPS) is 33.6. The van der Waals surface area contributed by atoms with Gasteiger partial charge in [0.2, 0.25) is 0 Å². The van der Waals surface area contributed by atoms with Gasteiger partial charge in [-0.05, 0) is 13.3 Å². The Morgan fingerprint density at radius 3 is 3.00 bits per heavy atom. The molecule has 0 amide bonds. The third kappa shape index (κ3) is 1.67. The first-order chi connectivity index (χ1) is 4.74. The zero-order valence-electron chi connectivity index (χ0n) is 6.39. The minimum absolute atomic E-state index is 0.159. The predicted octanol–water partition coefficient (Wildman–Crippen LogP) is 1.10. The van der Waals surface area contributed by atoms with Crippen LogP contribution in [0.5, 0.6) is 0 Å². The third-order valence-corrected chi connectivity index (χ3v) is 1.98. The topological polar surface area (TPSA) is 21.3 Å². The van der Waals surface area contributed by atoms with Crippen LogP contribution in [0.1, 0.15) is 20.3 Å². The van der Waals surface area contributed by atoms with Crippen molar-refractivity contribution in [3.8, 4) is 0 Å². The second-order valence-electron chi connectivity index (χ2n) is 2.64. The molecule has 0 radical (unpaired) electrons. The summed E-state index contributed by atoms with van der Waals surface area (Å²) in [6, 6.07) is 0.385. The molecule has 2 unspecified atom stereocenters. The Labute approximate surface area is 66.9 Å². The molecule has 3 heteroatoms. The van der Waals surface area contributed by atoms with E-state index in [0.29, 0.717) is 6.04 Å². The molecule has 0 aromatic carbocycles. The monoisotopic (exact) mass is 159 g/mol. The number of nitrogens with one attached hydrogen (secondary N) is 1. The van der Waals surface area contributed by atoms with Crippen LogP contribution in [0.3, 0.4) is 0 Å². The summed E-state index contributed by atoms with van der Waals surface area (Å²) in [6.45, 7) is 4.92. The number of rotatable bonds is 1. The summed E-state index contributed by atoms with van der Waals surface area (Å²) >= 11 is 5.07. The number of hydrogen-bond donors (Lipinski definition) is 1. The summed E-state index contributed by atoms with van der Waals surface area (Å²) in [7, 11) is 0. The SMILES string of the molecule is CCC1OCC(C)NC1=S. The molecular weight excluding hydrogens is 146 g/mol. The van der Waals surface area contributed by atoms with Gasteiger partial charge in [0.05, 0.1) is 6.61 Å². The van der Waals surface area contributed by atoms with Crippen molar-refractivity contribution >= 4 is 17.2 Å². The lowest BCUT2D eigenvalue weighted by molar-refractivity contribution is 0.0652. The van der Waals surface area contributed by atoms with Gasteiger partial charge in [0, 0.05) is 6.04 Å². The molecule has 1 aliphatic rings. The predicted molar refractivity (Wildman–Crippen MR) is 45.2 cm³/mol. The Balaban J connectivity index is 2.43. The number of thiocarbonyl (C=S) groups is 1. The van der Waals surface area contributed by atoms with E-state index in [1.807, 2.05) is 0 Å². The van der Waals surface area contributed by atoms with Gasteiger partial charge in [0.1, 0.15) is 11.1 Å². The second kappa shape index (κ2) is 3.30. The maximum absolute atomic E-state index is 5.45. The maximum Gasteiger partial charge on any atom is 0.107 e. The van der Waals surface area contributed by atoms with Gasteiger partial charge in [0.25, 0.3) is 0 Å². The van der Waals surface area contributed by atoms with Crippen LogP contribution < -0.4 is 5.32 Å². The van der Waals surface area contributed by atoms with E-state index in [0.717, 1.165) is 18.0 Å². The standard InChI is InChI=1S/C7H13NOS/c1-3-6-7(10)8-5(2)4-9-6/h5-6H,3-4H2,1-2H3,(H,8,10). The minimum atomic E-state index is 0.159. The Bertz CT molecular complexity index is 138. The summed E-state index contributed by atoms with van der Waals surface area (Å²) < 4.78 is 5.45. The van der Waals surface area contributed by atoms with E-state index in [2.05, 4.69) is 19.2 Å². The second-order valence-corrected chi connectivity index (χ2v) is 3.08. The lowest BCUT2D eigenvalue weighted by atomic mass is 10.2. The van der Waals surface area contributed by atoms with Gasteiger partial charge in [0.15, 0.2) is 0 Å². The number of morpholine rings is 1. The summed E-state index contributed by atoms with van der Waals surface area (Å²) in [5, 5.41) is 3.19. The van der Waals surface area contributed by atoms with Crippen LogP contribution in [0.25, 0.3) is 0 Å². The highest BCUT2D eigenvalue weighted by atomic mass is 32.1. The summed E-state index contributed by atoms with van der Waals surface area (Å²) in [5.41, 5.74) is 0. The van der Waals surface area contributed by atoms with E-state index in [-0.39, 0.29) is 6.10 Å². The zero-order chi connectivity index (χ0) is 7.56. The lowest BCUT2D eigenvalue weighted by Crippen LogP contribution is -2.48. The lowest BCUT2D eigenvalue weighted by Gasteiger charge is -2.28. The minimum Gasteiger partial charge on any atom is -0.373 e. The average molecular weight is 159 g/mol. The highest BCUT2D eigenvalue weighted by molar-refractivity contribution is 7.80. The molecule has 1 heterocycles. The van der Waals surface area contributed by atoms with Gasteiger partial charge in [-0.15, -0.1) is 0 Å². The molecule has 58 valence electrons. The molecule has 1 rings (SSSR count). The van der Waals surface area contributed by atoms with Crippen LogP contribution in [0.4, 0.5) is 0 Å². The highest BCUT2D eigenvalue weighted by Crippen LogP contribution is 2.06. The fourth-order valence-corrected chi connectivity index (χ4v) is 1.45. The first-order valence-corrected chi connectivity index (χ1v) is 4.07. The smallest absolute Gasteiger partial charge is 0.107 e. The molecule has 2 atom stereocenters. The van der Waals surface area contributed by atoms with Gasteiger partial charge in [-0.1, -0.05) is 19.1 Å². The molecule has 0 saturated carbocycles. The molecule has 1 saturated heterocycles. The molecule has 0 aromatic heterocycles. The quantitative estimate of drug-likeness (QED) is 0.579. The fraction of sp³-hybridized carbons (Fsp3) is 0.857. The van der Waals surface area contributed by atoms with Gasteiger partial charge in [-0.25, -0.2) is 0 Å². The molecule has 0 aliphatic carbocycles. The van der Waals surface area contributed by atoms with Gasteiger partial charge < -0.3 is 10.1 Å². The van der Waals surface area contributed by atoms with E-state index in [1.54, 1.807) is 0 Å². The Morgan fingerprint density at radius 1 is 1.80 bits per heavy atom. The van der Waals surface area contributed by atoms with Crippen LogP contribution in [-0.2, 0) is 4.74 Å². The first-order valence-electron chi connectivity index (χ1n) is 3.66. The van der Waals surface area contributed by atoms with Crippen LogP contribution in [0.15, 0.2) is 0 Å². The molecule has 0 bridgehead atoms. The molecule has 1 aliphatic heterocycles. The largest absolute Gasteiger partial charge is 0.373 e. The van der Waals surface area contributed by atoms with E-state index in [1.165, 1.54) is 0 Å². The van der Waals surface area contributed by atoms with E-state index in [4.69, 9.17) is 17.0 Å².